The highest BCUT2D eigenvalue weighted by molar-refractivity contribution is 5.82. The Bertz CT molecular complexity index is 301. The highest BCUT2D eigenvalue weighted by atomic mass is 16.4. The second-order valence-electron chi connectivity index (χ2n) is 3.65. The van der Waals surface area contributed by atoms with Gasteiger partial charge >= 0.3 is 5.97 Å². The second-order valence-corrected chi connectivity index (χ2v) is 3.65. The van der Waals surface area contributed by atoms with Crippen molar-refractivity contribution in [1.82, 2.24) is 0 Å². The molecule has 0 aromatic rings. The Hall–Kier alpha value is -1.30. The number of hydrogen-bond acceptors (Lipinski definition) is 2. The van der Waals surface area contributed by atoms with Crippen molar-refractivity contribution in [3.63, 3.8) is 0 Å². The Labute approximate surface area is 84.0 Å². The number of carboxylic acid groups (broad SMARTS) is 1. The first kappa shape index (κ1) is 10.8. The quantitative estimate of drug-likeness (QED) is 0.700. The minimum Gasteiger partial charge on any atom is -0.480 e. The number of carbonyl (C=O) groups is 1. The van der Waals surface area contributed by atoms with E-state index in [0.717, 1.165) is 31.3 Å². The van der Waals surface area contributed by atoms with E-state index in [1.54, 1.807) is 6.92 Å². The molecule has 0 amide bonds. The van der Waals surface area contributed by atoms with Crippen molar-refractivity contribution in [2.75, 3.05) is 0 Å². The predicted molar refractivity (Wildman–Crippen MR) is 52.5 cm³/mol. The molecule has 0 saturated carbocycles. The van der Waals surface area contributed by atoms with Crippen LogP contribution in [-0.4, -0.2) is 11.1 Å². The van der Waals surface area contributed by atoms with E-state index in [1.165, 1.54) is 0 Å². The molecule has 3 heteroatoms. The van der Waals surface area contributed by atoms with Gasteiger partial charge in [0.05, 0.1) is 6.07 Å². The minimum absolute atomic E-state index is 0.352. The predicted octanol–water partition coefficient (Wildman–Crippen LogP) is 2.49. The third kappa shape index (κ3) is 1.65. The van der Waals surface area contributed by atoms with Crippen LogP contribution in [0, 0.1) is 16.7 Å². The van der Waals surface area contributed by atoms with E-state index >= 15 is 0 Å². The summed E-state index contributed by atoms with van der Waals surface area (Å²) in [6.45, 7) is 1.76. The zero-order valence-corrected chi connectivity index (χ0v) is 8.42. The fraction of sp³-hybridized carbons (Fsp3) is 0.636. The van der Waals surface area contributed by atoms with Crippen LogP contribution in [0.25, 0.3) is 0 Å². The Morgan fingerprint density at radius 3 is 2.79 bits per heavy atom. The second kappa shape index (κ2) is 4.28. The topological polar surface area (TPSA) is 61.1 Å². The van der Waals surface area contributed by atoms with Crippen molar-refractivity contribution in [3.05, 3.63) is 11.6 Å². The van der Waals surface area contributed by atoms with Gasteiger partial charge in [-0.3, -0.25) is 4.79 Å². The molecule has 1 aliphatic carbocycles. The van der Waals surface area contributed by atoms with Crippen LogP contribution in [-0.2, 0) is 4.79 Å². The van der Waals surface area contributed by atoms with Crippen molar-refractivity contribution in [1.29, 1.82) is 5.26 Å². The van der Waals surface area contributed by atoms with Crippen LogP contribution < -0.4 is 0 Å². The molecule has 0 unspecified atom stereocenters. The fourth-order valence-corrected chi connectivity index (χ4v) is 1.94. The Balaban J connectivity index is 3.04. The average Bonchev–Trinajstić information content (AvgIpc) is 2.22. The molecular weight excluding hydrogens is 178 g/mol. The van der Waals surface area contributed by atoms with Crippen LogP contribution in [0.1, 0.15) is 39.0 Å². The van der Waals surface area contributed by atoms with Crippen molar-refractivity contribution >= 4 is 5.97 Å². The summed E-state index contributed by atoms with van der Waals surface area (Å²) in [5.41, 5.74) is -0.457. The van der Waals surface area contributed by atoms with Crippen molar-refractivity contribution in [3.8, 4) is 6.07 Å². The van der Waals surface area contributed by atoms with Crippen LogP contribution >= 0.6 is 0 Å². The SMILES string of the molecule is CC[C@@](C#N)(C(=O)O)C1=CCCCC1. The molecule has 0 aromatic carbocycles. The average molecular weight is 193 g/mol. The lowest BCUT2D eigenvalue weighted by Crippen LogP contribution is -2.31. The Morgan fingerprint density at radius 1 is 1.71 bits per heavy atom. The standard InChI is InChI=1S/C11H15NO2/c1-2-11(8-12,10(13)14)9-6-4-3-5-7-9/h6H,2-5,7H2,1H3,(H,13,14)/t11-/m0/s1. The van der Waals surface area contributed by atoms with Gasteiger partial charge in [-0.25, -0.2) is 0 Å². The molecule has 0 aliphatic heterocycles. The maximum absolute atomic E-state index is 11.1. The molecule has 0 spiro atoms. The van der Waals surface area contributed by atoms with Gasteiger partial charge in [0.1, 0.15) is 0 Å². The number of carboxylic acids is 1. The lowest BCUT2D eigenvalue weighted by molar-refractivity contribution is -0.144. The highest BCUT2D eigenvalue weighted by Crippen LogP contribution is 2.37. The zero-order valence-electron chi connectivity index (χ0n) is 8.42. The molecule has 3 nitrogen and oxygen atoms in total. The Morgan fingerprint density at radius 2 is 2.43 bits per heavy atom. The van der Waals surface area contributed by atoms with E-state index < -0.39 is 11.4 Å². The largest absolute Gasteiger partial charge is 0.480 e. The number of allylic oxidation sites excluding steroid dienone is 1. The fourth-order valence-electron chi connectivity index (χ4n) is 1.94. The van der Waals surface area contributed by atoms with Gasteiger partial charge in [-0.2, -0.15) is 5.26 Å². The third-order valence-electron chi connectivity index (χ3n) is 2.93. The molecule has 14 heavy (non-hydrogen) atoms. The van der Waals surface area contributed by atoms with E-state index in [9.17, 15) is 4.79 Å². The van der Waals surface area contributed by atoms with E-state index in [2.05, 4.69) is 0 Å². The lowest BCUT2D eigenvalue weighted by Gasteiger charge is -2.26. The van der Waals surface area contributed by atoms with E-state index in [-0.39, 0.29) is 0 Å². The molecule has 1 N–H and O–H groups in total. The summed E-state index contributed by atoms with van der Waals surface area (Å²) < 4.78 is 0. The zero-order chi connectivity index (χ0) is 10.6. The first-order valence-corrected chi connectivity index (χ1v) is 5.01. The Kier molecular flexibility index (Phi) is 3.29. The normalized spacial score (nSPS) is 20.4. The van der Waals surface area contributed by atoms with Gasteiger partial charge in [0.15, 0.2) is 5.41 Å². The van der Waals surface area contributed by atoms with Crippen molar-refractivity contribution in [2.24, 2.45) is 5.41 Å². The summed E-state index contributed by atoms with van der Waals surface area (Å²) in [5, 5.41) is 18.1. The number of hydrogen-bond donors (Lipinski definition) is 1. The summed E-state index contributed by atoms with van der Waals surface area (Å²) in [5.74, 6) is -1.00. The molecule has 0 saturated heterocycles. The van der Waals surface area contributed by atoms with Crippen LogP contribution in [0.3, 0.4) is 0 Å². The van der Waals surface area contributed by atoms with Crippen LogP contribution in [0.4, 0.5) is 0 Å². The third-order valence-corrected chi connectivity index (χ3v) is 2.93. The smallest absolute Gasteiger partial charge is 0.328 e. The van der Waals surface area contributed by atoms with Crippen molar-refractivity contribution < 1.29 is 9.90 Å². The maximum Gasteiger partial charge on any atom is 0.328 e. The summed E-state index contributed by atoms with van der Waals surface area (Å²) in [6.07, 6.45) is 6.06. The van der Waals surface area contributed by atoms with Gasteiger partial charge in [0, 0.05) is 0 Å². The van der Waals surface area contributed by atoms with E-state index in [4.69, 9.17) is 10.4 Å². The molecule has 0 fully saturated rings. The van der Waals surface area contributed by atoms with Crippen LogP contribution in [0.5, 0.6) is 0 Å². The molecular formula is C11H15NO2. The highest BCUT2D eigenvalue weighted by Gasteiger charge is 2.40. The van der Waals surface area contributed by atoms with Gasteiger partial charge < -0.3 is 5.11 Å². The molecule has 1 rings (SSSR count). The van der Waals surface area contributed by atoms with E-state index in [1.807, 2.05) is 12.1 Å². The molecule has 0 heterocycles. The summed E-state index contributed by atoms with van der Waals surface area (Å²) >= 11 is 0. The molecule has 1 aliphatic rings. The molecule has 0 radical (unpaired) electrons. The van der Waals surface area contributed by atoms with Gasteiger partial charge in [0.2, 0.25) is 0 Å². The monoisotopic (exact) mass is 193 g/mol. The van der Waals surface area contributed by atoms with Crippen LogP contribution in [0.15, 0.2) is 11.6 Å². The number of aliphatic carboxylic acids is 1. The summed E-state index contributed by atoms with van der Waals surface area (Å²) in [4.78, 5) is 11.1. The molecule has 1 atom stereocenters. The summed E-state index contributed by atoms with van der Waals surface area (Å²) in [6, 6.07) is 1.97. The van der Waals surface area contributed by atoms with E-state index in [0.29, 0.717) is 6.42 Å². The number of nitriles is 1. The molecule has 76 valence electrons. The maximum atomic E-state index is 11.1. The first-order chi connectivity index (χ1) is 6.67. The van der Waals surface area contributed by atoms with Gasteiger partial charge in [-0.05, 0) is 37.7 Å². The minimum atomic E-state index is -1.26. The number of nitrogens with zero attached hydrogens (tertiary/aromatic N) is 1. The number of rotatable bonds is 3. The van der Waals surface area contributed by atoms with Crippen LogP contribution in [0.2, 0.25) is 0 Å². The molecule has 0 aromatic heterocycles. The summed E-state index contributed by atoms with van der Waals surface area (Å²) in [7, 11) is 0. The van der Waals surface area contributed by atoms with Gasteiger partial charge in [-0.15, -0.1) is 0 Å². The first-order valence-electron chi connectivity index (χ1n) is 5.01. The van der Waals surface area contributed by atoms with Crippen molar-refractivity contribution in [2.45, 2.75) is 39.0 Å². The lowest BCUT2D eigenvalue weighted by atomic mass is 9.75. The van der Waals surface area contributed by atoms with Gasteiger partial charge in [0.25, 0.3) is 0 Å². The molecule has 0 bridgehead atoms. The van der Waals surface area contributed by atoms with Gasteiger partial charge in [-0.1, -0.05) is 13.0 Å².